The van der Waals surface area contributed by atoms with E-state index >= 15 is 0 Å². The molecule has 102 valence electrons. The molecule has 0 unspecified atom stereocenters. The second kappa shape index (κ2) is 5.62. The van der Waals surface area contributed by atoms with E-state index < -0.39 is 10.9 Å². The summed E-state index contributed by atoms with van der Waals surface area (Å²) in [5.41, 5.74) is 0.511. The molecule has 0 fully saturated rings. The zero-order valence-corrected chi connectivity index (χ0v) is 11.2. The molecule has 0 aliphatic rings. The van der Waals surface area contributed by atoms with Gasteiger partial charge >= 0.3 is 11.0 Å². The molecule has 0 N–H and O–H groups in total. The smallest absolute Gasteiger partial charge is 0.353 e. The fourth-order valence-corrected chi connectivity index (χ4v) is 2.15. The summed E-state index contributed by atoms with van der Waals surface area (Å²) in [5.74, 6) is -0.480. The van der Waals surface area contributed by atoms with Crippen LogP contribution in [0.4, 0.5) is 5.00 Å². The third kappa shape index (κ3) is 3.07. The average Bonchev–Trinajstić information content (AvgIpc) is 2.89. The highest BCUT2D eigenvalue weighted by atomic mass is 32.1. The topological polar surface area (TPSA) is 86.5 Å². The quantitative estimate of drug-likeness (QED) is 0.284. The van der Waals surface area contributed by atoms with Gasteiger partial charge in [0.2, 0.25) is 0 Å². The van der Waals surface area contributed by atoms with Crippen LogP contribution in [0.25, 0.3) is 0 Å². The molecule has 20 heavy (non-hydrogen) atoms. The van der Waals surface area contributed by atoms with Crippen LogP contribution in [0.1, 0.15) is 27.0 Å². The fourth-order valence-electron chi connectivity index (χ4n) is 1.45. The maximum absolute atomic E-state index is 11.8. The van der Waals surface area contributed by atoms with Crippen LogP contribution < -0.4 is 4.74 Å². The summed E-state index contributed by atoms with van der Waals surface area (Å²) in [5, 5.41) is 10.4. The standard InChI is InChI=1S/C13H9NO5S/c1-8(15)9-2-4-10(5-3-9)19-13(16)11-6-7-12(20-11)14(17)18/h2-7H,1H3. The maximum atomic E-state index is 11.8. The lowest BCUT2D eigenvalue weighted by atomic mass is 10.1. The first-order valence-corrected chi connectivity index (χ1v) is 6.36. The Morgan fingerprint density at radius 2 is 1.80 bits per heavy atom. The van der Waals surface area contributed by atoms with Crippen LogP contribution in [0.2, 0.25) is 0 Å². The molecule has 0 amide bonds. The number of hydrogen-bond donors (Lipinski definition) is 0. The van der Waals surface area contributed by atoms with E-state index in [4.69, 9.17) is 4.74 Å². The van der Waals surface area contributed by atoms with E-state index in [-0.39, 0.29) is 21.4 Å². The lowest BCUT2D eigenvalue weighted by Crippen LogP contribution is -2.06. The Balaban J connectivity index is 2.10. The number of Topliss-reactive ketones (excluding diaryl/α,β-unsaturated/α-hetero) is 1. The zero-order valence-electron chi connectivity index (χ0n) is 10.4. The third-order valence-corrected chi connectivity index (χ3v) is 3.46. The number of esters is 1. The Hall–Kier alpha value is -2.54. The van der Waals surface area contributed by atoms with E-state index in [0.29, 0.717) is 5.56 Å². The molecule has 0 spiro atoms. The van der Waals surface area contributed by atoms with Crippen molar-refractivity contribution >= 4 is 28.1 Å². The summed E-state index contributed by atoms with van der Waals surface area (Å²) in [7, 11) is 0. The second-order valence-corrected chi connectivity index (χ2v) is 4.93. The predicted octanol–water partition coefficient (Wildman–Crippen LogP) is 3.08. The molecule has 0 saturated carbocycles. The number of thiophene rings is 1. The normalized spacial score (nSPS) is 10.1. The molecule has 2 aromatic rings. The Morgan fingerprint density at radius 1 is 1.15 bits per heavy atom. The van der Waals surface area contributed by atoms with Crippen molar-refractivity contribution in [2.75, 3.05) is 0 Å². The number of carbonyl (C=O) groups excluding carboxylic acids is 2. The number of carbonyl (C=O) groups is 2. The van der Waals surface area contributed by atoms with Crippen molar-refractivity contribution in [2.24, 2.45) is 0 Å². The van der Waals surface area contributed by atoms with Gasteiger partial charge in [0.15, 0.2) is 5.78 Å². The minimum atomic E-state index is -0.668. The number of rotatable bonds is 4. The highest BCUT2D eigenvalue weighted by molar-refractivity contribution is 7.17. The van der Waals surface area contributed by atoms with Crippen LogP contribution in [0.3, 0.4) is 0 Å². The molecule has 2 rings (SSSR count). The lowest BCUT2D eigenvalue weighted by molar-refractivity contribution is -0.380. The van der Waals surface area contributed by atoms with Gasteiger partial charge in [-0.2, -0.15) is 0 Å². The van der Waals surface area contributed by atoms with E-state index in [0.717, 1.165) is 11.3 Å². The molecule has 0 bridgehead atoms. The van der Waals surface area contributed by atoms with Crippen LogP contribution in [0, 0.1) is 10.1 Å². The molecule has 1 aromatic heterocycles. The van der Waals surface area contributed by atoms with Crippen molar-refractivity contribution in [3.63, 3.8) is 0 Å². The number of nitro groups is 1. The van der Waals surface area contributed by atoms with Crippen LogP contribution in [0.5, 0.6) is 5.75 Å². The van der Waals surface area contributed by atoms with Crippen molar-refractivity contribution in [1.29, 1.82) is 0 Å². The Labute approximate surface area is 117 Å². The van der Waals surface area contributed by atoms with Gasteiger partial charge < -0.3 is 4.74 Å². The summed E-state index contributed by atoms with van der Waals surface area (Å²) in [6.45, 7) is 1.44. The molecule has 6 nitrogen and oxygen atoms in total. The van der Waals surface area contributed by atoms with Gasteiger partial charge in [-0.3, -0.25) is 14.9 Å². The van der Waals surface area contributed by atoms with E-state index in [1.165, 1.54) is 31.2 Å². The second-order valence-electron chi connectivity index (χ2n) is 3.87. The Kier molecular flexibility index (Phi) is 3.90. The molecule has 1 heterocycles. The number of ether oxygens (including phenoxy) is 1. The lowest BCUT2D eigenvalue weighted by Gasteiger charge is -2.02. The SMILES string of the molecule is CC(=O)c1ccc(OC(=O)c2ccc([N+](=O)[O-])s2)cc1. The number of benzene rings is 1. The first-order chi connectivity index (χ1) is 9.47. The van der Waals surface area contributed by atoms with Gasteiger partial charge in [-0.25, -0.2) is 4.79 Å². The Morgan fingerprint density at radius 3 is 2.30 bits per heavy atom. The van der Waals surface area contributed by atoms with E-state index in [1.807, 2.05) is 0 Å². The average molecular weight is 291 g/mol. The summed E-state index contributed by atoms with van der Waals surface area (Å²) in [6.07, 6.45) is 0. The minimum Gasteiger partial charge on any atom is -0.422 e. The van der Waals surface area contributed by atoms with Crippen LogP contribution in [-0.4, -0.2) is 16.7 Å². The molecular weight excluding hydrogens is 282 g/mol. The third-order valence-electron chi connectivity index (χ3n) is 2.44. The van der Waals surface area contributed by atoms with Crippen molar-refractivity contribution in [2.45, 2.75) is 6.92 Å². The summed E-state index contributed by atoms with van der Waals surface area (Å²) >= 11 is 0.749. The number of ketones is 1. The molecule has 1 aromatic carbocycles. The molecule has 0 aliphatic heterocycles. The van der Waals surface area contributed by atoms with Gasteiger partial charge in [-0.15, -0.1) is 0 Å². The monoisotopic (exact) mass is 291 g/mol. The molecule has 0 radical (unpaired) electrons. The minimum absolute atomic E-state index is 0.0863. The van der Waals surface area contributed by atoms with Crippen LogP contribution >= 0.6 is 11.3 Å². The van der Waals surface area contributed by atoms with E-state index in [1.54, 1.807) is 12.1 Å². The molecule has 0 saturated heterocycles. The number of nitrogens with zero attached hydrogens (tertiary/aromatic N) is 1. The fraction of sp³-hybridized carbons (Fsp3) is 0.0769. The van der Waals surface area contributed by atoms with Crippen LogP contribution in [-0.2, 0) is 0 Å². The van der Waals surface area contributed by atoms with Crippen molar-refractivity contribution in [3.05, 3.63) is 57.0 Å². The van der Waals surface area contributed by atoms with Gasteiger partial charge in [0.25, 0.3) is 0 Å². The van der Waals surface area contributed by atoms with Gasteiger partial charge in [-0.1, -0.05) is 11.3 Å². The Bertz CT molecular complexity index is 674. The zero-order chi connectivity index (χ0) is 14.7. The van der Waals surface area contributed by atoms with Gasteiger partial charge in [0.05, 0.1) is 4.92 Å². The highest BCUT2D eigenvalue weighted by Crippen LogP contribution is 2.25. The molecule has 0 atom stereocenters. The van der Waals surface area contributed by atoms with E-state index in [2.05, 4.69) is 0 Å². The first-order valence-electron chi connectivity index (χ1n) is 5.55. The highest BCUT2D eigenvalue weighted by Gasteiger charge is 2.17. The van der Waals surface area contributed by atoms with Gasteiger partial charge in [0, 0.05) is 11.6 Å². The van der Waals surface area contributed by atoms with Gasteiger partial charge in [0.1, 0.15) is 10.6 Å². The summed E-state index contributed by atoms with van der Waals surface area (Å²) < 4.78 is 5.07. The molecular formula is C13H9NO5S. The van der Waals surface area contributed by atoms with Gasteiger partial charge in [-0.05, 0) is 37.3 Å². The van der Waals surface area contributed by atoms with Crippen LogP contribution in [0.15, 0.2) is 36.4 Å². The molecule has 7 heteroatoms. The van der Waals surface area contributed by atoms with Crippen molar-refractivity contribution < 1.29 is 19.2 Å². The maximum Gasteiger partial charge on any atom is 0.353 e. The number of hydrogen-bond acceptors (Lipinski definition) is 6. The van der Waals surface area contributed by atoms with E-state index in [9.17, 15) is 19.7 Å². The van der Waals surface area contributed by atoms with Crippen molar-refractivity contribution in [3.8, 4) is 5.75 Å². The summed E-state index contributed by atoms with van der Waals surface area (Å²) in [6, 6.07) is 8.67. The van der Waals surface area contributed by atoms with Crippen molar-refractivity contribution in [1.82, 2.24) is 0 Å². The predicted molar refractivity (Wildman–Crippen MR) is 72.4 cm³/mol. The largest absolute Gasteiger partial charge is 0.422 e. The summed E-state index contributed by atoms with van der Waals surface area (Å²) in [4.78, 5) is 33.0. The first kappa shape index (κ1) is 13.9. The molecule has 0 aliphatic carbocycles.